The molecule has 0 bridgehead atoms. The maximum absolute atomic E-state index is 5.18. The minimum Gasteiger partial charge on any atom is -0.298 e. The Bertz CT molecular complexity index is 2190. The van der Waals surface area contributed by atoms with Gasteiger partial charge in [0.1, 0.15) is 11.6 Å². The van der Waals surface area contributed by atoms with Gasteiger partial charge in [0.15, 0.2) is 0 Å². The van der Waals surface area contributed by atoms with Crippen LogP contribution >= 0.6 is 0 Å². The summed E-state index contributed by atoms with van der Waals surface area (Å²) in [5.41, 5.74) is 11.5. The number of aromatic nitrogens is 4. The molecule has 4 heterocycles. The van der Waals surface area contributed by atoms with Gasteiger partial charge in [-0.15, -0.1) is 0 Å². The van der Waals surface area contributed by atoms with Gasteiger partial charge in [-0.3, -0.25) is 9.13 Å². The highest BCUT2D eigenvalue weighted by atomic mass is 15.1. The highest BCUT2D eigenvalue weighted by Crippen LogP contribution is 2.40. The predicted molar refractivity (Wildman–Crippen MR) is 183 cm³/mol. The van der Waals surface area contributed by atoms with Gasteiger partial charge in [-0.1, -0.05) is 97.1 Å². The van der Waals surface area contributed by atoms with Crippen molar-refractivity contribution in [1.82, 2.24) is 19.1 Å². The fraction of sp³-hybridized carbons (Fsp3) is 0.100. The molecule has 0 N–H and O–H groups in total. The van der Waals surface area contributed by atoms with Crippen molar-refractivity contribution in [2.45, 2.75) is 27.7 Å². The molecule has 0 radical (unpaired) electrons. The van der Waals surface area contributed by atoms with Crippen molar-refractivity contribution in [2.75, 3.05) is 0 Å². The molecule has 4 heteroatoms. The van der Waals surface area contributed by atoms with Crippen LogP contribution in [0.3, 0.4) is 0 Å². The van der Waals surface area contributed by atoms with Crippen molar-refractivity contribution >= 4 is 32.6 Å². The minimum absolute atomic E-state index is 0.925. The lowest BCUT2D eigenvalue weighted by molar-refractivity contribution is 0.987. The normalized spacial score (nSPS) is 11.6. The van der Waals surface area contributed by atoms with Crippen LogP contribution in [0, 0.1) is 27.7 Å². The van der Waals surface area contributed by atoms with Crippen LogP contribution in [0.25, 0.3) is 66.7 Å². The van der Waals surface area contributed by atoms with Crippen molar-refractivity contribution < 1.29 is 0 Å². The second-order valence-corrected chi connectivity index (χ2v) is 11.6. The molecule has 0 saturated carbocycles. The van der Waals surface area contributed by atoms with Gasteiger partial charge in [0.25, 0.3) is 0 Å². The summed E-state index contributed by atoms with van der Waals surface area (Å²) in [7, 11) is 0. The average molecular weight is 569 g/mol. The Labute approximate surface area is 256 Å². The summed E-state index contributed by atoms with van der Waals surface area (Å²) in [6.07, 6.45) is 0. The molecular weight excluding hydrogens is 536 g/mol. The number of aryl methyl sites for hydroxylation is 2. The van der Waals surface area contributed by atoms with E-state index in [0.29, 0.717) is 0 Å². The topological polar surface area (TPSA) is 35.6 Å². The van der Waals surface area contributed by atoms with Gasteiger partial charge in [-0.2, -0.15) is 0 Å². The quantitative estimate of drug-likeness (QED) is 0.212. The second-order valence-electron chi connectivity index (χ2n) is 11.6. The molecule has 0 aliphatic carbocycles. The highest BCUT2D eigenvalue weighted by Gasteiger charge is 2.21. The van der Waals surface area contributed by atoms with Gasteiger partial charge in [0.2, 0.25) is 0 Å². The summed E-state index contributed by atoms with van der Waals surface area (Å²) in [6, 6.07) is 42.6. The number of nitrogens with zero attached hydrogens (tertiary/aromatic N) is 4. The molecule has 4 aromatic carbocycles. The summed E-state index contributed by atoms with van der Waals surface area (Å²) in [5.74, 6) is 1.85. The molecule has 0 amide bonds. The van der Waals surface area contributed by atoms with Crippen LogP contribution in [0.4, 0.5) is 0 Å². The van der Waals surface area contributed by atoms with E-state index in [1.54, 1.807) is 0 Å². The molecule has 0 unspecified atom stereocenters. The number of benzene rings is 4. The number of hydrogen-bond donors (Lipinski definition) is 0. The summed E-state index contributed by atoms with van der Waals surface area (Å²) < 4.78 is 4.68. The number of pyridine rings is 2. The van der Waals surface area contributed by atoms with Gasteiger partial charge in [0, 0.05) is 44.1 Å². The summed E-state index contributed by atoms with van der Waals surface area (Å²) in [4.78, 5) is 10.4. The smallest absolute Gasteiger partial charge is 0.138 e. The third-order valence-corrected chi connectivity index (χ3v) is 9.22. The highest BCUT2D eigenvalue weighted by molar-refractivity contribution is 6.17. The first kappa shape index (κ1) is 26.2. The molecule has 8 aromatic rings. The molecule has 4 nitrogen and oxygen atoms in total. The van der Waals surface area contributed by atoms with Crippen LogP contribution in [0.5, 0.6) is 0 Å². The minimum atomic E-state index is 0.925. The lowest BCUT2D eigenvalue weighted by Crippen LogP contribution is -2.02. The Morgan fingerprint density at radius 1 is 0.386 bits per heavy atom. The van der Waals surface area contributed by atoms with E-state index in [2.05, 4.69) is 146 Å². The number of rotatable bonds is 4. The van der Waals surface area contributed by atoms with Crippen molar-refractivity contribution in [2.24, 2.45) is 0 Å². The summed E-state index contributed by atoms with van der Waals surface area (Å²) >= 11 is 0. The molecule has 44 heavy (non-hydrogen) atoms. The van der Waals surface area contributed by atoms with Crippen LogP contribution in [0.1, 0.15) is 22.5 Å². The number of fused-ring (bicyclic) bond motifs is 5. The lowest BCUT2D eigenvalue weighted by Gasteiger charge is -2.14. The fourth-order valence-corrected chi connectivity index (χ4v) is 6.73. The van der Waals surface area contributed by atoms with E-state index in [-0.39, 0.29) is 0 Å². The monoisotopic (exact) mass is 568 g/mol. The zero-order valence-corrected chi connectivity index (χ0v) is 25.3. The third-order valence-electron chi connectivity index (χ3n) is 9.22. The van der Waals surface area contributed by atoms with E-state index >= 15 is 0 Å². The average Bonchev–Trinajstić information content (AvgIpc) is 3.50. The molecule has 0 aliphatic rings. The Kier molecular flexibility index (Phi) is 5.98. The first-order chi connectivity index (χ1) is 21.5. The summed E-state index contributed by atoms with van der Waals surface area (Å²) in [5, 5.41) is 4.90. The predicted octanol–water partition coefficient (Wildman–Crippen LogP) is 10.1. The van der Waals surface area contributed by atoms with Crippen LogP contribution in [0.15, 0.2) is 121 Å². The first-order valence-corrected chi connectivity index (χ1v) is 15.1. The Balaban J connectivity index is 1.41. The zero-order chi connectivity index (χ0) is 29.9. The van der Waals surface area contributed by atoms with E-state index in [1.165, 1.54) is 55.1 Å². The molecule has 8 rings (SSSR count). The van der Waals surface area contributed by atoms with Crippen LogP contribution in [-0.4, -0.2) is 19.1 Å². The maximum atomic E-state index is 5.18. The summed E-state index contributed by atoms with van der Waals surface area (Å²) in [6.45, 7) is 8.84. The Morgan fingerprint density at radius 2 is 0.773 bits per heavy atom. The van der Waals surface area contributed by atoms with Gasteiger partial charge in [-0.25, -0.2) is 9.97 Å². The molecule has 0 fully saturated rings. The molecule has 0 aliphatic heterocycles. The number of hydrogen-bond acceptors (Lipinski definition) is 2. The molecular formula is C40H32N4. The lowest BCUT2D eigenvalue weighted by atomic mass is 10.0. The van der Waals surface area contributed by atoms with Gasteiger partial charge >= 0.3 is 0 Å². The Hall–Kier alpha value is -5.48. The van der Waals surface area contributed by atoms with E-state index in [4.69, 9.17) is 9.97 Å². The zero-order valence-electron chi connectivity index (χ0n) is 25.3. The van der Waals surface area contributed by atoms with Crippen molar-refractivity contribution in [3.05, 3.63) is 144 Å². The standard InChI is InChI=1S/C40H32N4/c1-25-27(3)43(37-19-11-17-35(41-37)29-13-7-5-8-14-29)39-31(25)21-23-34-33(39)24-22-32-26(2)28(4)44(40(32)34)38-20-12-18-36(42-38)30-15-9-6-10-16-30/h5-24H,1-4H3. The molecule has 212 valence electrons. The largest absolute Gasteiger partial charge is 0.298 e. The van der Waals surface area contributed by atoms with Crippen LogP contribution < -0.4 is 0 Å². The van der Waals surface area contributed by atoms with Crippen molar-refractivity contribution in [3.8, 4) is 34.2 Å². The van der Waals surface area contributed by atoms with Gasteiger partial charge in [-0.05, 0) is 63.1 Å². The van der Waals surface area contributed by atoms with E-state index in [1.807, 2.05) is 12.1 Å². The fourth-order valence-electron chi connectivity index (χ4n) is 6.73. The van der Waals surface area contributed by atoms with E-state index in [9.17, 15) is 0 Å². The second kappa shape index (κ2) is 10.1. The van der Waals surface area contributed by atoms with E-state index < -0.39 is 0 Å². The van der Waals surface area contributed by atoms with Crippen molar-refractivity contribution in [1.29, 1.82) is 0 Å². The molecule has 4 aromatic heterocycles. The SMILES string of the molecule is Cc1c(C)n(-c2cccc(-c3ccccc3)n2)c2c1ccc1c2ccc2c(C)c(C)n(-c3cccc(-c4ccccc4)n3)c21. The molecule has 0 atom stereocenters. The first-order valence-electron chi connectivity index (χ1n) is 15.1. The van der Waals surface area contributed by atoms with Crippen molar-refractivity contribution in [3.63, 3.8) is 0 Å². The van der Waals surface area contributed by atoms with Gasteiger partial charge < -0.3 is 0 Å². The van der Waals surface area contributed by atoms with Gasteiger partial charge in [0.05, 0.1) is 22.4 Å². The maximum Gasteiger partial charge on any atom is 0.138 e. The Morgan fingerprint density at radius 3 is 1.18 bits per heavy atom. The van der Waals surface area contributed by atoms with Crippen LogP contribution in [-0.2, 0) is 0 Å². The third kappa shape index (κ3) is 3.91. The van der Waals surface area contributed by atoms with Crippen LogP contribution in [0.2, 0.25) is 0 Å². The van der Waals surface area contributed by atoms with E-state index in [0.717, 1.165) is 34.2 Å². The molecule has 0 saturated heterocycles. The molecule has 0 spiro atoms.